The van der Waals surface area contributed by atoms with E-state index >= 15 is 0 Å². The van der Waals surface area contributed by atoms with Gasteiger partial charge in [-0.15, -0.1) is 0 Å². The van der Waals surface area contributed by atoms with Crippen molar-refractivity contribution in [3.8, 4) is 0 Å². The number of nitrogens with zero attached hydrogens (tertiary/aromatic N) is 3. The molecule has 9 heteroatoms. The molecule has 1 aliphatic carbocycles. The molecule has 3 aliphatic rings. The van der Waals surface area contributed by atoms with Crippen LogP contribution < -0.4 is 5.32 Å². The maximum Gasteiger partial charge on any atom is 0.257 e. The van der Waals surface area contributed by atoms with Gasteiger partial charge >= 0.3 is 0 Å². The zero-order chi connectivity index (χ0) is 22.1. The summed E-state index contributed by atoms with van der Waals surface area (Å²) >= 11 is 0. The Labute approximate surface area is 184 Å². The molecule has 2 amide bonds. The Hall–Kier alpha value is -1.87. The van der Waals surface area contributed by atoms with Crippen molar-refractivity contribution in [1.29, 1.82) is 0 Å². The molecular formula is C22H32N4O4S. The highest BCUT2D eigenvalue weighted by Gasteiger charge is 2.51. The summed E-state index contributed by atoms with van der Waals surface area (Å²) < 4.78 is 23.4. The number of aromatic nitrogens is 2. The average Bonchev–Trinajstić information content (AvgIpc) is 3.39. The van der Waals surface area contributed by atoms with Crippen molar-refractivity contribution in [2.45, 2.75) is 70.4 Å². The third kappa shape index (κ3) is 5.49. The number of carbonyl (C=O) groups is 2. The van der Waals surface area contributed by atoms with E-state index in [2.05, 4.69) is 19.6 Å². The molecule has 1 spiro atoms. The lowest BCUT2D eigenvalue weighted by Crippen LogP contribution is -2.52. The minimum absolute atomic E-state index is 0.00234. The highest BCUT2D eigenvalue weighted by molar-refractivity contribution is 7.93. The van der Waals surface area contributed by atoms with Gasteiger partial charge in [-0.3, -0.25) is 9.59 Å². The van der Waals surface area contributed by atoms with Crippen molar-refractivity contribution in [2.75, 3.05) is 18.1 Å². The molecule has 3 fully saturated rings. The maximum atomic E-state index is 13.1. The van der Waals surface area contributed by atoms with Gasteiger partial charge in [-0.1, -0.05) is 13.8 Å². The number of nitrogens with one attached hydrogen (secondary N) is 1. The van der Waals surface area contributed by atoms with Crippen LogP contribution in [0.4, 0.5) is 0 Å². The van der Waals surface area contributed by atoms with E-state index in [-0.39, 0.29) is 34.8 Å². The zero-order valence-corrected chi connectivity index (χ0v) is 19.2. The van der Waals surface area contributed by atoms with Gasteiger partial charge in [-0.25, -0.2) is 14.2 Å². The van der Waals surface area contributed by atoms with Crippen molar-refractivity contribution < 1.29 is 18.5 Å². The third-order valence-electron chi connectivity index (χ3n) is 6.93. The van der Waals surface area contributed by atoms with Crippen molar-refractivity contribution in [3.05, 3.63) is 24.3 Å². The summed E-state index contributed by atoms with van der Waals surface area (Å²) in [7, 11) is -2.50. The number of carbonyl (C=O) groups excluding carboxylic acids is 2. The van der Waals surface area contributed by atoms with Crippen LogP contribution in [0, 0.1) is 11.3 Å². The molecule has 2 aliphatic heterocycles. The molecule has 1 N–H and O–H groups in total. The summed E-state index contributed by atoms with van der Waals surface area (Å²) in [5, 5.41) is 3.13. The molecule has 170 valence electrons. The van der Waals surface area contributed by atoms with E-state index in [9.17, 15) is 13.8 Å². The summed E-state index contributed by atoms with van der Waals surface area (Å²) in [6.45, 7) is 4.67. The predicted octanol–water partition coefficient (Wildman–Crippen LogP) is 2.28. The predicted molar refractivity (Wildman–Crippen MR) is 117 cm³/mol. The van der Waals surface area contributed by atoms with E-state index in [0.717, 1.165) is 18.5 Å². The lowest BCUT2D eigenvalue weighted by molar-refractivity contribution is -0.126. The fourth-order valence-electron chi connectivity index (χ4n) is 4.63. The van der Waals surface area contributed by atoms with Crippen LogP contribution in [0.5, 0.6) is 0 Å². The molecule has 3 heterocycles. The fraction of sp³-hybridized carbons (Fsp3) is 0.727. The monoisotopic (exact) mass is 448 g/mol. The number of hydrogen-bond acceptors (Lipinski definition) is 6. The van der Waals surface area contributed by atoms with E-state index in [0.29, 0.717) is 50.2 Å². The van der Waals surface area contributed by atoms with Gasteiger partial charge < -0.3 is 10.1 Å². The van der Waals surface area contributed by atoms with E-state index in [1.807, 2.05) is 19.9 Å². The molecule has 1 aromatic heterocycles. The fourth-order valence-corrected chi connectivity index (χ4v) is 6.86. The van der Waals surface area contributed by atoms with Crippen molar-refractivity contribution in [2.24, 2.45) is 15.7 Å². The third-order valence-corrected chi connectivity index (χ3v) is 9.13. The van der Waals surface area contributed by atoms with E-state index in [1.54, 1.807) is 6.20 Å². The van der Waals surface area contributed by atoms with Gasteiger partial charge in [0.2, 0.25) is 5.91 Å². The topological polar surface area (TPSA) is 111 Å². The van der Waals surface area contributed by atoms with Gasteiger partial charge in [0, 0.05) is 48.4 Å². The highest BCUT2D eigenvalue weighted by atomic mass is 32.2. The number of aryl methyl sites for hydroxylation is 1. The van der Waals surface area contributed by atoms with Crippen LogP contribution >= 0.6 is 0 Å². The van der Waals surface area contributed by atoms with Crippen LogP contribution in [0.2, 0.25) is 0 Å². The molecule has 8 nitrogen and oxygen atoms in total. The Morgan fingerprint density at radius 3 is 2.68 bits per heavy atom. The molecule has 2 atom stereocenters. The summed E-state index contributed by atoms with van der Waals surface area (Å²) in [5.74, 6) is 0.521. The molecule has 31 heavy (non-hydrogen) atoms. The summed E-state index contributed by atoms with van der Waals surface area (Å²) in [6.07, 6.45) is 7.68. The van der Waals surface area contributed by atoms with Crippen molar-refractivity contribution in [3.63, 3.8) is 0 Å². The Morgan fingerprint density at radius 1 is 1.29 bits per heavy atom. The smallest absolute Gasteiger partial charge is 0.257 e. The number of rotatable bonds is 5. The summed E-state index contributed by atoms with van der Waals surface area (Å²) in [5.41, 5.74) is 0.474. The standard InChI is InChI=1S/C22H32N4O4S/c1-21(2)14-18(21)20(28)26-31(29)11-7-22(8-12-31)13-17(6-10-30-22)25-19(27)4-3-16-5-9-23-15-24-16/h5,9,15,17-18H,3-4,6-8,10-14H2,1-2H3,(H,25,27). The molecule has 2 unspecified atom stereocenters. The van der Waals surface area contributed by atoms with E-state index in [4.69, 9.17) is 4.74 Å². The van der Waals surface area contributed by atoms with Gasteiger partial charge in [0.25, 0.3) is 5.91 Å². The summed E-state index contributed by atoms with van der Waals surface area (Å²) in [4.78, 5) is 32.8. The lowest BCUT2D eigenvalue weighted by Gasteiger charge is -2.44. The number of amides is 2. The first-order valence-electron chi connectivity index (χ1n) is 11.1. The van der Waals surface area contributed by atoms with Gasteiger partial charge in [0.15, 0.2) is 0 Å². The highest BCUT2D eigenvalue weighted by Crippen LogP contribution is 2.52. The van der Waals surface area contributed by atoms with Crippen LogP contribution in [-0.4, -0.2) is 55.7 Å². The van der Waals surface area contributed by atoms with Crippen LogP contribution in [0.15, 0.2) is 23.0 Å². The van der Waals surface area contributed by atoms with Gasteiger partial charge in [-0.2, -0.15) is 4.36 Å². The first-order chi connectivity index (χ1) is 14.7. The minimum Gasteiger partial charge on any atom is -0.375 e. The van der Waals surface area contributed by atoms with E-state index in [1.165, 1.54) is 6.33 Å². The SMILES string of the molecule is CC1(C)CC1C(=O)N=S1(=O)CCC2(CC1)CC(NC(=O)CCc1ccncn1)CCO2. The van der Waals surface area contributed by atoms with Gasteiger partial charge in [0.1, 0.15) is 6.33 Å². The Bertz CT molecular complexity index is 942. The zero-order valence-electron chi connectivity index (χ0n) is 18.3. The minimum atomic E-state index is -2.50. The first kappa shape index (κ1) is 22.3. The number of ether oxygens (including phenoxy) is 1. The average molecular weight is 449 g/mol. The summed E-state index contributed by atoms with van der Waals surface area (Å²) in [6, 6.07) is 1.86. The van der Waals surface area contributed by atoms with Crippen LogP contribution in [0.25, 0.3) is 0 Å². The van der Waals surface area contributed by atoms with E-state index < -0.39 is 9.73 Å². The van der Waals surface area contributed by atoms with Crippen molar-refractivity contribution in [1.82, 2.24) is 15.3 Å². The van der Waals surface area contributed by atoms with Gasteiger partial charge in [0.05, 0.1) is 15.3 Å². The van der Waals surface area contributed by atoms with Crippen LogP contribution in [0.1, 0.15) is 58.1 Å². The molecule has 0 bridgehead atoms. The van der Waals surface area contributed by atoms with Gasteiger partial charge in [-0.05, 0) is 50.0 Å². The van der Waals surface area contributed by atoms with Crippen molar-refractivity contribution >= 4 is 21.5 Å². The van der Waals surface area contributed by atoms with Crippen LogP contribution in [-0.2, 0) is 30.5 Å². The Morgan fingerprint density at radius 2 is 2.03 bits per heavy atom. The largest absolute Gasteiger partial charge is 0.375 e. The Kier molecular flexibility index (Phi) is 6.18. The first-order valence-corrected chi connectivity index (χ1v) is 13.0. The second-order valence-corrected chi connectivity index (χ2v) is 12.4. The Balaban J connectivity index is 1.29. The molecule has 2 saturated heterocycles. The lowest BCUT2D eigenvalue weighted by atomic mass is 9.85. The quantitative estimate of drug-likeness (QED) is 0.740. The maximum absolute atomic E-state index is 13.1. The molecule has 1 saturated carbocycles. The van der Waals surface area contributed by atoms with Crippen LogP contribution in [0.3, 0.4) is 0 Å². The molecular weight excluding hydrogens is 416 g/mol. The second-order valence-electron chi connectivity index (χ2n) is 9.85. The number of hydrogen-bond donors (Lipinski definition) is 1. The molecule has 4 rings (SSSR count). The molecule has 0 radical (unpaired) electrons. The molecule has 1 aromatic rings. The normalized spacial score (nSPS) is 34.1. The second kappa shape index (κ2) is 8.58. The molecule has 0 aromatic carbocycles.